The van der Waals surface area contributed by atoms with Crippen LogP contribution in [0.5, 0.6) is 5.75 Å². The highest BCUT2D eigenvalue weighted by Crippen LogP contribution is 2.30. The van der Waals surface area contributed by atoms with Crippen LogP contribution in [0.15, 0.2) is 108 Å². The molecule has 2 heterocycles. The molecule has 1 atom stereocenters. The van der Waals surface area contributed by atoms with E-state index < -0.39 is 12.2 Å². The van der Waals surface area contributed by atoms with E-state index in [4.69, 9.17) is 0 Å². The summed E-state index contributed by atoms with van der Waals surface area (Å²) in [6.07, 6.45) is 3.01. The number of aliphatic hydroxyl groups excluding tert-OH is 1. The van der Waals surface area contributed by atoms with E-state index in [-0.39, 0.29) is 20.7 Å². The first-order valence-electron chi connectivity index (χ1n) is 15.4. The highest BCUT2D eigenvalue weighted by Gasteiger charge is 2.14. The van der Waals surface area contributed by atoms with Crippen LogP contribution in [0.3, 0.4) is 0 Å². The number of aryl methyl sites for hydroxylation is 2. The fourth-order valence-electron chi connectivity index (χ4n) is 6.01. The first-order valence-corrected chi connectivity index (χ1v) is 15.4. The number of aromatic hydroxyl groups is 1. The lowest BCUT2D eigenvalue weighted by Gasteiger charge is -2.15. The minimum Gasteiger partial charge on any atom is -0.506 e. The number of benzene rings is 4. The lowest BCUT2D eigenvalue weighted by molar-refractivity contribution is 0.176. The lowest BCUT2D eigenvalue weighted by Crippen LogP contribution is -2.21. The number of phenolic OH excluding ortho intramolecular Hbond substituents is 1. The number of amides is 1. The number of unbranched alkanes of at least 4 members (excludes halogenated alkanes) is 1. The first-order chi connectivity index (χ1) is 22.4. The summed E-state index contributed by atoms with van der Waals surface area (Å²) in [6, 6.07) is 30.4. The van der Waals surface area contributed by atoms with Crippen LogP contribution in [0.2, 0.25) is 0 Å². The molecule has 0 aliphatic carbocycles. The molecule has 4 aromatic carbocycles. The second-order valence-corrected chi connectivity index (χ2v) is 11.5. The van der Waals surface area contributed by atoms with Crippen LogP contribution in [0, 0.1) is 0 Å². The van der Waals surface area contributed by atoms with Crippen LogP contribution in [-0.4, -0.2) is 37.5 Å². The summed E-state index contributed by atoms with van der Waals surface area (Å²) in [6.45, 7) is 1.76. The number of pyridine rings is 1. The molecule has 9 nitrogen and oxygen atoms in total. The minimum atomic E-state index is -1.08. The molecule has 250 valence electrons. The molecule has 1 amide bonds. The Hall–Kier alpha value is -5.52. The number of carboxylic acid groups (broad SMARTS) is 1. The summed E-state index contributed by atoms with van der Waals surface area (Å²) >= 11 is 0. The van der Waals surface area contributed by atoms with Gasteiger partial charge < -0.3 is 30.2 Å². The van der Waals surface area contributed by atoms with Crippen molar-refractivity contribution in [3.8, 4) is 16.9 Å². The zero-order chi connectivity index (χ0) is 32.0. The third kappa shape index (κ3) is 8.06. The molecule has 0 spiro atoms. The van der Waals surface area contributed by atoms with Crippen molar-refractivity contribution in [1.82, 2.24) is 14.9 Å². The molecule has 6 rings (SSSR count). The number of rotatable bonds is 12. The summed E-state index contributed by atoms with van der Waals surface area (Å²) < 4.78 is 2.26. The molecule has 0 aliphatic rings. The van der Waals surface area contributed by atoms with Gasteiger partial charge in [0.15, 0.2) is 0 Å². The predicted octanol–water partition coefficient (Wildman–Crippen LogP) is 7.10. The maximum Gasteiger partial charge on any atom is 0.409 e. The van der Waals surface area contributed by atoms with Gasteiger partial charge >= 0.3 is 6.09 Å². The van der Waals surface area contributed by atoms with Crippen molar-refractivity contribution in [1.29, 1.82) is 0 Å². The zero-order valence-corrected chi connectivity index (χ0v) is 26.1. The van der Waals surface area contributed by atoms with Crippen molar-refractivity contribution in [2.24, 2.45) is 0 Å². The third-order valence-electron chi connectivity index (χ3n) is 8.29. The molecule has 0 saturated carbocycles. The Morgan fingerprint density at radius 3 is 2.46 bits per heavy atom. The van der Waals surface area contributed by atoms with Gasteiger partial charge in [-0.25, -0.2) is 4.79 Å². The molecule has 0 fully saturated rings. The van der Waals surface area contributed by atoms with E-state index in [1.807, 2.05) is 42.5 Å². The molecule has 0 aliphatic heterocycles. The maximum absolute atomic E-state index is 11.7. The molecule has 0 radical (unpaired) electrons. The Morgan fingerprint density at radius 2 is 1.67 bits per heavy atom. The number of halogens is 2. The molecular weight excluding hydrogens is 618 g/mol. The van der Waals surface area contributed by atoms with Gasteiger partial charge in [-0.2, -0.15) is 0 Å². The topological polar surface area (TPSA) is 140 Å². The van der Waals surface area contributed by atoms with Gasteiger partial charge in [0.2, 0.25) is 5.56 Å². The van der Waals surface area contributed by atoms with E-state index in [0.29, 0.717) is 35.2 Å². The Balaban J connectivity index is 0.00000260. The van der Waals surface area contributed by atoms with Gasteiger partial charge in [0.25, 0.3) is 0 Å². The van der Waals surface area contributed by atoms with Gasteiger partial charge in [-0.15, -0.1) is 0 Å². The Kier molecular flexibility index (Phi) is 11.7. The number of H-pyrrole nitrogens is 1. The summed E-state index contributed by atoms with van der Waals surface area (Å²) in [5.41, 5.74) is 6.42. The first kappa shape index (κ1) is 35.3. The van der Waals surface area contributed by atoms with E-state index in [0.717, 1.165) is 59.0 Å². The van der Waals surface area contributed by atoms with Crippen LogP contribution in [0.4, 0.5) is 19.9 Å². The number of hydrogen-bond acceptors (Lipinski definition) is 5. The number of anilines is 1. The van der Waals surface area contributed by atoms with Crippen molar-refractivity contribution >= 4 is 33.6 Å². The number of aromatic amines is 1. The highest BCUT2D eigenvalue weighted by molar-refractivity contribution is 5.91. The second kappa shape index (κ2) is 15.9. The van der Waals surface area contributed by atoms with Crippen LogP contribution < -0.4 is 16.2 Å². The van der Waals surface area contributed by atoms with Crippen LogP contribution in [0.25, 0.3) is 32.9 Å². The van der Waals surface area contributed by atoms with E-state index in [1.54, 1.807) is 12.1 Å². The van der Waals surface area contributed by atoms with Gasteiger partial charge in [-0.1, -0.05) is 54.6 Å². The van der Waals surface area contributed by atoms with E-state index in [9.17, 15) is 24.9 Å². The molecule has 11 heteroatoms. The Morgan fingerprint density at radius 1 is 0.875 bits per heavy atom. The van der Waals surface area contributed by atoms with Crippen molar-refractivity contribution in [3.63, 3.8) is 0 Å². The molecule has 0 unspecified atom stereocenters. The molecule has 6 aromatic rings. The Bertz CT molecular complexity index is 2060. The fraction of sp³-hybridized carbons (Fsp3) is 0.189. The van der Waals surface area contributed by atoms with Crippen molar-refractivity contribution in [3.05, 3.63) is 130 Å². The smallest absolute Gasteiger partial charge is 0.409 e. The summed E-state index contributed by atoms with van der Waals surface area (Å²) in [5, 5.41) is 38.0. The Labute approximate surface area is 275 Å². The van der Waals surface area contributed by atoms with Gasteiger partial charge in [0.1, 0.15) is 5.75 Å². The SMILES string of the molecule is F.F.O=C(O)Nc1cc(CCCCn2ccc3cc(CNC[C@H](O)c4ccc(O)c5[nH]c(=O)ccc45)ccc32)ccc1-c1ccccc1. The number of phenols is 1. The summed E-state index contributed by atoms with van der Waals surface area (Å²) in [5.74, 6) is -0.0326. The van der Waals surface area contributed by atoms with Gasteiger partial charge in [-0.05, 0) is 83.3 Å². The van der Waals surface area contributed by atoms with Gasteiger partial charge in [0, 0.05) is 48.4 Å². The number of carbonyl (C=O) groups is 1. The van der Waals surface area contributed by atoms with Crippen LogP contribution in [-0.2, 0) is 19.5 Å². The van der Waals surface area contributed by atoms with Crippen molar-refractivity contribution in [2.45, 2.75) is 38.5 Å². The third-order valence-corrected chi connectivity index (χ3v) is 8.29. The number of aromatic nitrogens is 2. The summed E-state index contributed by atoms with van der Waals surface area (Å²) in [7, 11) is 0. The van der Waals surface area contributed by atoms with Crippen molar-refractivity contribution in [2.75, 3.05) is 11.9 Å². The highest BCUT2D eigenvalue weighted by atomic mass is 19.0. The minimum absolute atomic E-state index is 0. The monoisotopic (exact) mass is 656 g/mol. The molecule has 2 aromatic heterocycles. The van der Waals surface area contributed by atoms with Crippen LogP contribution in [0.1, 0.15) is 35.6 Å². The number of nitrogens with zero attached hydrogens (tertiary/aromatic N) is 1. The van der Waals surface area contributed by atoms with Gasteiger partial charge in [0.05, 0.1) is 17.3 Å². The normalized spacial score (nSPS) is 11.5. The van der Waals surface area contributed by atoms with E-state index in [2.05, 4.69) is 56.7 Å². The van der Waals surface area contributed by atoms with Gasteiger partial charge in [-0.3, -0.25) is 19.5 Å². The number of fused-ring (bicyclic) bond motifs is 2. The lowest BCUT2D eigenvalue weighted by atomic mass is 9.99. The largest absolute Gasteiger partial charge is 0.506 e. The number of nitrogens with one attached hydrogen (secondary N) is 3. The second-order valence-electron chi connectivity index (χ2n) is 11.5. The maximum atomic E-state index is 11.7. The average molecular weight is 657 g/mol. The van der Waals surface area contributed by atoms with E-state index in [1.165, 1.54) is 12.1 Å². The molecule has 0 saturated heterocycles. The molecule has 6 N–H and O–H groups in total. The quantitative estimate of drug-likeness (QED) is 0.0778. The molecule has 48 heavy (non-hydrogen) atoms. The fourth-order valence-corrected chi connectivity index (χ4v) is 6.01. The molecular formula is C37H38F2N4O5. The van der Waals surface area contributed by atoms with Crippen molar-refractivity contribution < 1.29 is 29.5 Å². The number of hydrogen-bond donors (Lipinski definition) is 6. The standard InChI is InChI=1S/C37H36N4O5.2FH/c42-33-15-12-29(30-13-16-35(44)40-36(30)33)34(43)23-38-22-25-10-14-32-27(20-25)17-19-41(32)18-5-4-6-24-9-11-28(26-7-2-1-3-8-26)31(21-24)39-37(45)46;;/h1-3,7-17,19-21,34,38-39,42-43H,4-6,18,22-23H2,(H,40,44)(H,45,46);2*1H/t34-;;/m0../s1. The van der Waals surface area contributed by atoms with E-state index >= 15 is 0 Å². The van der Waals surface area contributed by atoms with Crippen LogP contribution >= 0.6 is 0 Å². The number of aliphatic hydroxyl groups is 1. The zero-order valence-electron chi connectivity index (χ0n) is 26.1. The predicted molar refractivity (Wildman–Crippen MR) is 186 cm³/mol. The molecule has 0 bridgehead atoms. The summed E-state index contributed by atoms with van der Waals surface area (Å²) in [4.78, 5) is 25.7. The average Bonchev–Trinajstić information content (AvgIpc) is 3.46.